The van der Waals surface area contributed by atoms with Gasteiger partial charge in [0, 0.05) is 17.7 Å². The van der Waals surface area contributed by atoms with E-state index in [1.807, 2.05) is 20.8 Å². The molecule has 0 aromatic heterocycles. The average Bonchev–Trinajstić information content (AvgIpc) is 2.26. The van der Waals surface area contributed by atoms with Crippen LogP contribution in [-0.2, 0) is 0 Å². The van der Waals surface area contributed by atoms with Gasteiger partial charge in [-0.3, -0.25) is 0 Å². The van der Waals surface area contributed by atoms with Crippen LogP contribution >= 0.6 is 12.4 Å². The Morgan fingerprint density at radius 3 is 1.94 bits per heavy atom. The van der Waals surface area contributed by atoms with Gasteiger partial charge in [0.2, 0.25) is 0 Å². The number of halogens is 2. The Bertz CT molecular complexity index is 405. The van der Waals surface area contributed by atoms with Gasteiger partial charge in [-0.2, -0.15) is 0 Å². The van der Waals surface area contributed by atoms with E-state index >= 15 is 0 Å². The highest BCUT2D eigenvalue weighted by molar-refractivity contribution is 5.85. The van der Waals surface area contributed by atoms with Crippen molar-refractivity contribution in [2.45, 2.75) is 26.8 Å². The fourth-order valence-corrected chi connectivity index (χ4v) is 1.57. The molecule has 2 N–H and O–H groups in total. The Hall–Kier alpha value is -1.00. The Morgan fingerprint density at radius 1 is 1.11 bits per heavy atom. The van der Waals surface area contributed by atoms with E-state index in [0.29, 0.717) is 17.1 Å². The number of benzene rings is 1. The van der Waals surface area contributed by atoms with Gasteiger partial charge in [0.1, 0.15) is 5.82 Å². The summed E-state index contributed by atoms with van der Waals surface area (Å²) in [6.07, 6.45) is 0. The van der Waals surface area contributed by atoms with Gasteiger partial charge < -0.3 is 15.2 Å². The SMILES string of the molecule is COc1cc(F)c([C@@H](N)C(C)(C)C)cc1OC.Cl. The van der Waals surface area contributed by atoms with Gasteiger partial charge in [-0.05, 0) is 11.5 Å². The Labute approximate surface area is 114 Å². The van der Waals surface area contributed by atoms with Crippen LogP contribution in [0, 0.1) is 11.2 Å². The molecule has 1 rings (SSSR count). The molecule has 0 fully saturated rings. The van der Waals surface area contributed by atoms with E-state index in [9.17, 15) is 4.39 Å². The summed E-state index contributed by atoms with van der Waals surface area (Å²) in [5, 5.41) is 0. The third-order valence-electron chi connectivity index (χ3n) is 2.77. The minimum Gasteiger partial charge on any atom is -0.493 e. The predicted molar refractivity (Wildman–Crippen MR) is 73.1 cm³/mol. The summed E-state index contributed by atoms with van der Waals surface area (Å²) >= 11 is 0. The Kier molecular flexibility index (Phi) is 5.90. The molecule has 0 bridgehead atoms. The first-order valence-corrected chi connectivity index (χ1v) is 5.48. The fourth-order valence-electron chi connectivity index (χ4n) is 1.57. The summed E-state index contributed by atoms with van der Waals surface area (Å²) in [6.45, 7) is 5.90. The molecule has 1 aromatic rings. The average molecular weight is 278 g/mol. The molecule has 0 radical (unpaired) electrons. The first-order valence-electron chi connectivity index (χ1n) is 5.48. The van der Waals surface area contributed by atoms with Crippen LogP contribution in [0.5, 0.6) is 11.5 Å². The molecule has 1 atom stereocenters. The van der Waals surface area contributed by atoms with E-state index in [2.05, 4.69) is 0 Å². The summed E-state index contributed by atoms with van der Waals surface area (Å²) in [5.74, 6) is 0.489. The highest BCUT2D eigenvalue weighted by Crippen LogP contribution is 2.37. The lowest BCUT2D eigenvalue weighted by Crippen LogP contribution is -2.27. The van der Waals surface area contributed by atoms with Crippen LogP contribution in [0.2, 0.25) is 0 Å². The number of hydrogen-bond acceptors (Lipinski definition) is 3. The molecule has 0 aliphatic heterocycles. The smallest absolute Gasteiger partial charge is 0.163 e. The first-order chi connectivity index (χ1) is 7.81. The predicted octanol–water partition coefficient (Wildman–Crippen LogP) is 3.31. The van der Waals surface area contributed by atoms with Gasteiger partial charge in [0.25, 0.3) is 0 Å². The van der Waals surface area contributed by atoms with Crippen LogP contribution in [0.15, 0.2) is 12.1 Å². The van der Waals surface area contributed by atoms with Crippen LogP contribution in [-0.4, -0.2) is 14.2 Å². The molecule has 0 aliphatic carbocycles. The van der Waals surface area contributed by atoms with Crippen molar-refractivity contribution in [3.8, 4) is 11.5 Å². The van der Waals surface area contributed by atoms with E-state index in [-0.39, 0.29) is 23.6 Å². The van der Waals surface area contributed by atoms with Crippen molar-refractivity contribution in [2.75, 3.05) is 14.2 Å². The van der Waals surface area contributed by atoms with Crippen molar-refractivity contribution in [3.63, 3.8) is 0 Å². The van der Waals surface area contributed by atoms with Crippen LogP contribution in [0.4, 0.5) is 4.39 Å². The zero-order valence-corrected chi connectivity index (χ0v) is 12.2. The molecule has 0 saturated heterocycles. The summed E-state index contributed by atoms with van der Waals surface area (Å²) in [6, 6.07) is 2.51. The molecule has 0 spiro atoms. The highest BCUT2D eigenvalue weighted by Gasteiger charge is 2.26. The summed E-state index contributed by atoms with van der Waals surface area (Å²) in [7, 11) is 2.99. The van der Waals surface area contributed by atoms with Crippen molar-refractivity contribution in [2.24, 2.45) is 11.1 Å². The van der Waals surface area contributed by atoms with Crippen molar-refractivity contribution in [1.29, 1.82) is 0 Å². The Morgan fingerprint density at radius 2 is 1.56 bits per heavy atom. The third-order valence-corrected chi connectivity index (χ3v) is 2.77. The normalized spacial score (nSPS) is 12.6. The summed E-state index contributed by atoms with van der Waals surface area (Å²) in [4.78, 5) is 0. The minimum absolute atomic E-state index is 0. The molecule has 3 nitrogen and oxygen atoms in total. The van der Waals surface area contributed by atoms with Crippen LogP contribution < -0.4 is 15.2 Å². The molecular formula is C13H21ClFNO2. The maximum atomic E-state index is 13.9. The number of rotatable bonds is 3. The van der Waals surface area contributed by atoms with E-state index < -0.39 is 6.04 Å². The molecule has 0 aliphatic rings. The molecule has 0 unspecified atom stereocenters. The number of nitrogens with two attached hydrogens (primary N) is 1. The van der Waals surface area contributed by atoms with Gasteiger partial charge in [-0.25, -0.2) is 4.39 Å². The van der Waals surface area contributed by atoms with Crippen LogP contribution in [0.1, 0.15) is 32.4 Å². The van der Waals surface area contributed by atoms with Gasteiger partial charge in [-0.15, -0.1) is 12.4 Å². The van der Waals surface area contributed by atoms with Gasteiger partial charge in [-0.1, -0.05) is 20.8 Å². The number of hydrogen-bond donors (Lipinski definition) is 1. The molecule has 5 heteroatoms. The van der Waals surface area contributed by atoms with Crippen molar-refractivity contribution in [3.05, 3.63) is 23.5 Å². The summed E-state index contributed by atoms with van der Waals surface area (Å²) < 4.78 is 24.1. The summed E-state index contributed by atoms with van der Waals surface area (Å²) in [5.41, 5.74) is 6.27. The second kappa shape index (κ2) is 6.25. The second-order valence-electron chi connectivity index (χ2n) is 5.07. The maximum Gasteiger partial charge on any atom is 0.163 e. The van der Waals surface area contributed by atoms with E-state index in [0.717, 1.165) is 0 Å². The number of methoxy groups -OCH3 is 2. The van der Waals surface area contributed by atoms with E-state index in [4.69, 9.17) is 15.2 Å². The zero-order chi connectivity index (χ0) is 13.2. The van der Waals surface area contributed by atoms with Gasteiger partial charge in [0.05, 0.1) is 14.2 Å². The standard InChI is InChI=1S/C13H20FNO2.ClH/c1-13(2,3)12(15)8-6-10(16-4)11(17-5)7-9(8)14;/h6-7,12H,15H2,1-5H3;1H/t12-;/m1./s1. The van der Waals surface area contributed by atoms with Gasteiger partial charge in [0.15, 0.2) is 11.5 Å². The molecular weight excluding hydrogens is 257 g/mol. The largest absolute Gasteiger partial charge is 0.493 e. The monoisotopic (exact) mass is 277 g/mol. The van der Waals surface area contributed by atoms with Crippen molar-refractivity contribution in [1.82, 2.24) is 0 Å². The van der Waals surface area contributed by atoms with Crippen molar-refractivity contribution < 1.29 is 13.9 Å². The topological polar surface area (TPSA) is 44.5 Å². The highest BCUT2D eigenvalue weighted by atomic mass is 35.5. The molecule has 0 amide bonds. The molecule has 18 heavy (non-hydrogen) atoms. The van der Waals surface area contributed by atoms with E-state index in [1.54, 1.807) is 6.07 Å². The van der Waals surface area contributed by atoms with E-state index in [1.165, 1.54) is 20.3 Å². The first kappa shape index (κ1) is 17.0. The molecule has 0 saturated carbocycles. The minimum atomic E-state index is -0.401. The molecule has 0 heterocycles. The zero-order valence-electron chi connectivity index (χ0n) is 11.4. The van der Waals surface area contributed by atoms with Crippen molar-refractivity contribution >= 4 is 12.4 Å². The quantitative estimate of drug-likeness (QED) is 0.922. The van der Waals surface area contributed by atoms with Crippen LogP contribution in [0.25, 0.3) is 0 Å². The lowest BCUT2D eigenvalue weighted by Gasteiger charge is -2.28. The maximum absolute atomic E-state index is 13.9. The lowest BCUT2D eigenvalue weighted by molar-refractivity contribution is 0.313. The molecule has 1 aromatic carbocycles. The molecule has 104 valence electrons. The Balaban J connectivity index is 0.00000289. The van der Waals surface area contributed by atoms with Crippen LogP contribution in [0.3, 0.4) is 0 Å². The second-order valence-corrected chi connectivity index (χ2v) is 5.07. The van der Waals surface area contributed by atoms with Gasteiger partial charge >= 0.3 is 0 Å². The third kappa shape index (κ3) is 3.50. The lowest BCUT2D eigenvalue weighted by atomic mass is 9.83. The number of ether oxygens (including phenoxy) is 2. The fraction of sp³-hybridized carbons (Fsp3) is 0.538.